The lowest BCUT2D eigenvalue weighted by atomic mass is 10.00. The molecule has 6 nitrogen and oxygen atoms in total. The molecule has 1 fully saturated rings. The van der Waals surface area contributed by atoms with Crippen molar-refractivity contribution in [1.82, 2.24) is 24.9 Å². The minimum atomic E-state index is 0.224. The Morgan fingerprint density at radius 1 is 1.45 bits per heavy atom. The summed E-state index contributed by atoms with van der Waals surface area (Å²) in [7, 11) is 0. The highest BCUT2D eigenvalue weighted by atomic mass is 32.1. The standard InChI is InChI=1S/C15H21N5OS/c1-3-12-15(22-10(2)17-12)8-19-5-4-13-14(7-19)21-9-11-6-16-18-20(11)13/h6,13-14H,3-5,7-9H2,1-2H3/t13-,14-/m0/s1. The molecule has 0 aromatic carbocycles. The Morgan fingerprint density at radius 3 is 3.23 bits per heavy atom. The first-order chi connectivity index (χ1) is 10.7. The van der Waals surface area contributed by atoms with Crippen LogP contribution in [0, 0.1) is 6.92 Å². The van der Waals surface area contributed by atoms with Gasteiger partial charge in [0.1, 0.15) is 0 Å². The third-order valence-corrected chi connectivity index (χ3v) is 5.60. The van der Waals surface area contributed by atoms with Gasteiger partial charge in [-0.25, -0.2) is 9.67 Å². The maximum Gasteiger partial charge on any atom is 0.0932 e. The highest BCUT2D eigenvalue weighted by Gasteiger charge is 2.36. The van der Waals surface area contributed by atoms with E-state index in [4.69, 9.17) is 4.74 Å². The Labute approximate surface area is 134 Å². The van der Waals surface area contributed by atoms with Crippen molar-refractivity contribution in [3.63, 3.8) is 0 Å². The molecule has 4 rings (SSSR count). The summed E-state index contributed by atoms with van der Waals surface area (Å²) in [5.74, 6) is 0. The van der Waals surface area contributed by atoms with Crippen molar-refractivity contribution in [2.45, 2.75) is 52.0 Å². The van der Waals surface area contributed by atoms with Crippen LogP contribution < -0.4 is 0 Å². The molecule has 2 aromatic rings. The molecule has 2 aliphatic rings. The summed E-state index contributed by atoms with van der Waals surface area (Å²) in [6.45, 7) is 7.93. The van der Waals surface area contributed by atoms with E-state index >= 15 is 0 Å². The van der Waals surface area contributed by atoms with Gasteiger partial charge in [0.25, 0.3) is 0 Å². The van der Waals surface area contributed by atoms with E-state index in [0.29, 0.717) is 12.6 Å². The second-order valence-corrected chi connectivity index (χ2v) is 7.35. The second-order valence-electron chi connectivity index (χ2n) is 6.07. The maximum absolute atomic E-state index is 6.04. The van der Waals surface area contributed by atoms with Gasteiger partial charge in [0, 0.05) is 24.5 Å². The van der Waals surface area contributed by atoms with Crippen LogP contribution in [0.3, 0.4) is 0 Å². The van der Waals surface area contributed by atoms with Gasteiger partial charge < -0.3 is 4.74 Å². The number of piperidine rings is 1. The average molecular weight is 319 g/mol. The number of aryl methyl sites for hydroxylation is 2. The van der Waals surface area contributed by atoms with E-state index < -0.39 is 0 Å². The van der Waals surface area contributed by atoms with E-state index in [1.165, 1.54) is 15.6 Å². The second kappa shape index (κ2) is 5.72. The molecule has 2 aromatic heterocycles. The molecule has 0 N–H and O–H groups in total. The number of ether oxygens (including phenoxy) is 1. The van der Waals surface area contributed by atoms with E-state index in [2.05, 4.69) is 38.7 Å². The van der Waals surface area contributed by atoms with Gasteiger partial charge in [-0.15, -0.1) is 16.4 Å². The molecule has 22 heavy (non-hydrogen) atoms. The summed E-state index contributed by atoms with van der Waals surface area (Å²) in [6, 6.07) is 0.344. The molecule has 1 saturated heterocycles. The van der Waals surface area contributed by atoms with Crippen molar-refractivity contribution in [3.8, 4) is 0 Å². The minimum absolute atomic E-state index is 0.224. The summed E-state index contributed by atoms with van der Waals surface area (Å²) >= 11 is 1.83. The summed E-state index contributed by atoms with van der Waals surface area (Å²) < 4.78 is 8.11. The lowest BCUT2D eigenvalue weighted by molar-refractivity contribution is -0.0703. The summed E-state index contributed by atoms with van der Waals surface area (Å²) in [5, 5.41) is 9.43. The number of fused-ring (bicyclic) bond motifs is 3. The molecule has 7 heteroatoms. The van der Waals surface area contributed by atoms with Crippen molar-refractivity contribution < 1.29 is 4.74 Å². The van der Waals surface area contributed by atoms with E-state index in [9.17, 15) is 0 Å². The number of likely N-dealkylation sites (tertiary alicyclic amines) is 1. The largest absolute Gasteiger partial charge is 0.368 e. The molecule has 2 atom stereocenters. The predicted octanol–water partition coefficient (Wildman–Crippen LogP) is 1.95. The molecule has 0 saturated carbocycles. The van der Waals surface area contributed by atoms with Gasteiger partial charge in [0.2, 0.25) is 0 Å². The molecule has 0 bridgehead atoms. The first-order valence-electron chi connectivity index (χ1n) is 7.92. The summed E-state index contributed by atoms with van der Waals surface area (Å²) in [6.07, 6.45) is 4.12. The highest BCUT2D eigenvalue weighted by molar-refractivity contribution is 7.11. The van der Waals surface area contributed by atoms with Crippen LogP contribution in [0.15, 0.2) is 6.20 Å². The van der Waals surface area contributed by atoms with Crippen LogP contribution in [0.25, 0.3) is 0 Å². The zero-order valence-electron chi connectivity index (χ0n) is 13.0. The molecule has 0 amide bonds. The Bertz CT molecular complexity index is 667. The maximum atomic E-state index is 6.04. The number of rotatable bonds is 3. The third-order valence-electron chi connectivity index (χ3n) is 4.60. The molecule has 118 valence electrons. The minimum Gasteiger partial charge on any atom is -0.368 e. The number of nitrogens with zero attached hydrogens (tertiary/aromatic N) is 5. The van der Waals surface area contributed by atoms with Crippen LogP contribution in [-0.4, -0.2) is 44.1 Å². The predicted molar refractivity (Wildman–Crippen MR) is 83.8 cm³/mol. The topological polar surface area (TPSA) is 56.1 Å². The van der Waals surface area contributed by atoms with E-state index in [-0.39, 0.29) is 6.10 Å². The van der Waals surface area contributed by atoms with Gasteiger partial charge in [-0.05, 0) is 19.8 Å². The van der Waals surface area contributed by atoms with Crippen molar-refractivity contribution in [2.24, 2.45) is 0 Å². The number of hydrogen-bond donors (Lipinski definition) is 0. The molecular formula is C15H21N5OS. The first-order valence-corrected chi connectivity index (χ1v) is 8.74. The van der Waals surface area contributed by atoms with Crippen molar-refractivity contribution in [2.75, 3.05) is 13.1 Å². The fraction of sp³-hybridized carbons (Fsp3) is 0.667. The van der Waals surface area contributed by atoms with Crippen LogP contribution >= 0.6 is 11.3 Å². The van der Waals surface area contributed by atoms with Gasteiger partial charge in [-0.3, -0.25) is 4.90 Å². The molecule has 0 unspecified atom stereocenters. The average Bonchev–Trinajstić information content (AvgIpc) is 3.13. The Kier molecular flexibility index (Phi) is 3.71. The molecule has 0 spiro atoms. The van der Waals surface area contributed by atoms with E-state index in [1.54, 1.807) is 0 Å². The summed E-state index contributed by atoms with van der Waals surface area (Å²) in [5.41, 5.74) is 2.36. The first kappa shape index (κ1) is 14.3. The van der Waals surface area contributed by atoms with Gasteiger partial charge in [-0.1, -0.05) is 12.1 Å². The molecule has 0 aliphatic carbocycles. The van der Waals surface area contributed by atoms with Gasteiger partial charge in [0.05, 0.1) is 41.3 Å². The van der Waals surface area contributed by atoms with Gasteiger partial charge >= 0.3 is 0 Å². The van der Waals surface area contributed by atoms with Crippen LogP contribution in [-0.2, 0) is 24.3 Å². The van der Waals surface area contributed by atoms with E-state index in [0.717, 1.165) is 38.2 Å². The Balaban J connectivity index is 1.47. The lowest BCUT2D eigenvalue weighted by Crippen LogP contribution is -2.48. The normalized spacial score (nSPS) is 25.0. The lowest BCUT2D eigenvalue weighted by Gasteiger charge is -2.40. The van der Waals surface area contributed by atoms with E-state index in [1.807, 2.05) is 17.5 Å². The fourth-order valence-corrected chi connectivity index (χ4v) is 4.58. The molecule has 0 radical (unpaired) electrons. The van der Waals surface area contributed by atoms with Crippen LogP contribution in [0.1, 0.15) is 40.7 Å². The SMILES string of the molecule is CCc1nc(C)sc1CN1CC[C@H]2[C@H](C1)OCc1cnnn12. The fourth-order valence-electron chi connectivity index (χ4n) is 3.51. The number of aromatic nitrogens is 4. The number of thiazole rings is 1. The quantitative estimate of drug-likeness (QED) is 0.865. The van der Waals surface area contributed by atoms with Crippen molar-refractivity contribution >= 4 is 11.3 Å². The van der Waals surface area contributed by atoms with Crippen molar-refractivity contribution in [1.29, 1.82) is 0 Å². The smallest absolute Gasteiger partial charge is 0.0932 e. The van der Waals surface area contributed by atoms with Crippen LogP contribution in [0.2, 0.25) is 0 Å². The van der Waals surface area contributed by atoms with Crippen LogP contribution in [0.5, 0.6) is 0 Å². The Morgan fingerprint density at radius 2 is 2.36 bits per heavy atom. The van der Waals surface area contributed by atoms with Gasteiger partial charge in [-0.2, -0.15) is 0 Å². The monoisotopic (exact) mass is 319 g/mol. The Hall–Kier alpha value is -1.31. The van der Waals surface area contributed by atoms with Gasteiger partial charge in [0.15, 0.2) is 0 Å². The highest BCUT2D eigenvalue weighted by Crippen LogP contribution is 2.31. The molecular weight excluding hydrogens is 298 g/mol. The zero-order valence-corrected chi connectivity index (χ0v) is 13.8. The number of hydrogen-bond acceptors (Lipinski definition) is 6. The summed E-state index contributed by atoms with van der Waals surface area (Å²) in [4.78, 5) is 8.55. The van der Waals surface area contributed by atoms with Crippen LogP contribution in [0.4, 0.5) is 0 Å². The molecule has 2 aliphatic heterocycles. The third kappa shape index (κ3) is 2.47. The molecule has 4 heterocycles. The zero-order chi connectivity index (χ0) is 15.1. The van der Waals surface area contributed by atoms with Crippen molar-refractivity contribution in [3.05, 3.63) is 27.5 Å².